The van der Waals surface area contributed by atoms with Gasteiger partial charge in [-0.05, 0) is 30.4 Å². The van der Waals surface area contributed by atoms with Crippen LogP contribution in [-0.2, 0) is 6.54 Å². The maximum absolute atomic E-state index is 6.17. The molecule has 0 amide bonds. The van der Waals surface area contributed by atoms with Gasteiger partial charge in [-0.1, -0.05) is 25.1 Å². The van der Waals surface area contributed by atoms with Crippen molar-refractivity contribution in [2.45, 2.75) is 26.3 Å². The highest BCUT2D eigenvalue weighted by Crippen LogP contribution is 2.17. The Bertz CT molecular complexity index is 630. The molecule has 2 aromatic rings. The Morgan fingerprint density at radius 1 is 1.30 bits per heavy atom. The third kappa shape index (κ3) is 4.46. The van der Waals surface area contributed by atoms with E-state index in [-0.39, 0.29) is 24.0 Å². The number of likely N-dealkylation sites (tertiary alicyclic amines) is 1. The van der Waals surface area contributed by atoms with Crippen LogP contribution >= 0.6 is 24.0 Å². The van der Waals surface area contributed by atoms with Gasteiger partial charge in [-0.3, -0.25) is 0 Å². The zero-order valence-corrected chi connectivity index (χ0v) is 15.8. The zero-order chi connectivity index (χ0) is 15.4. The molecule has 0 radical (unpaired) electrons. The minimum Gasteiger partial charge on any atom is -0.370 e. The topological polar surface area (TPSA) is 59.4 Å². The molecule has 0 bridgehead atoms. The maximum atomic E-state index is 6.17. The molecular formula is C17H24IN5. The first-order valence-electron chi connectivity index (χ1n) is 7.85. The molecule has 0 atom stereocenters. The van der Waals surface area contributed by atoms with Gasteiger partial charge >= 0.3 is 0 Å². The number of benzene rings is 1. The standard InChI is InChI=1S/C17H23N5.HI/c1-14-6-9-21(10-7-14)17(18)20-12-15-4-2-3-5-16(15)22-11-8-19-13-22;/h2-5,8,11,13-14H,6-7,9-10,12H2,1H3,(H2,18,20);1H. The van der Waals surface area contributed by atoms with Crippen molar-refractivity contribution in [1.29, 1.82) is 0 Å². The van der Waals surface area contributed by atoms with Crippen LogP contribution in [0.2, 0.25) is 0 Å². The Kier molecular flexibility index (Phi) is 6.44. The average molecular weight is 425 g/mol. The summed E-state index contributed by atoms with van der Waals surface area (Å²) in [6, 6.07) is 8.22. The lowest BCUT2D eigenvalue weighted by molar-refractivity contribution is 0.277. The van der Waals surface area contributed by atoms with Crippen molar-refractivity contribution in [2.75, 3.05) is 13.1 Å². The van der Waals surface area contributed by atoms with Crippen molar-refractivity contribution in [3.63, 3.8) is 0 Å². The summed E-state index contributed by atoms with van der Waals surface area (Å²) in [5.41, 5.74) is 8.42. The molecule has 1 fully saturated rings. The van der Waals surface area contributed by atoms with Crippen LogP contribution in [0.1, 0.15) is 25.3 Å². The normalized spacial score (nSPS) is 16.2. The van der Waals surface area contributed by atoms with E-state index in [0.717, 1.165) is 30.3 Å². The number of nitrogens with two attached hydrogens (primary N) is 1. The molecule has 1 aliphatic heterocycles. The molecule has 124 valence electrons. The Labute approximate surface area is 154 Å². The first-order valence-corrected chi connectivity index (χ1v) is 7.85. The van der Waals surface area contributed by atoms with Crippen LogP contribution in [0.15, 0.2) is 48.0 Å². The monoisotopic (exact) mass is 425 g/mol. The molecule has 1 saturated heterocycles. The Morgan fingerprint density at radius 2 is 2.04 bits per heavy atom. The molecule has 1 aromatic heterocycles. The number of para-hydroxylation sites is 1. The molecule has 0 saturated carbocycles. The predicted molar refractivity (Wildman–Crippen MR) is 104 cm³/mol. The first kappa shape index (κ1) is 17.8. The van der Waals surface area contributed by atoms with E-state index in [1.165, 1.54) is 12.8 Å². The van der Waals surface area contributed by atoms with Gasteiger partial charge in [0.05, 0.1) is 18.6 Å². The van der Waals surface area contributed by atoms with E-state index in [4.69, 9.17) is 5.73 Å². The van der Waals surface area contributed by atoms with Crippen molar-refractivity contribution >= 4 is 29.9 Å². The molecule has 1 aliphatic rings. The number of imidazole rings is 1. The molecule has 23 heavy (non-hydrogen) atoms. The second kappa shape index (κ2) is 8.33. The lowest BCUT2D eigenvalue weighted by atomic mass is 10.00. The number of hydrogen-bond donors (Lipinski definition) is 1. The fourth-order valence-corrected chi connectivity index (χ4v) is 2.80. The molecule has 2 heterocycles. The van der Waals surface area contributed by atoms with Gasteiger partial charge in [0.25, 0.3) is 0 Å². The predicted octanol–water partition coefficient (Wildman–Crippen LogP) is 3.04. The molecule has 6 heteroatoms. The summed E-state index contributed by atoms with van der Waals surface area (Å²) in [5.74, 6) is 1.46. The highest BCUT2D eigenvalue weighted by molar-refractivity contribution is 14.0. The quantitative estimate of drug-likeness (QED) is 0.467. The maximum Gasteiger partial charge on any atom is 0.191 e. The van der Waals surface area contributed by atoms with Gasteiger partial charge in [-0.25, -0.2) is 9.98 Å². The Hall–Kier alpha value is -1.57. The second-order valence-electron chi connectivity index (χ2n) is 5.94. The number of halogens is 1. The fraction of sp³-hybridized carbons (Fsp3) is 0.412. The molecule has 1 aromatic carbocycles. The second-order valence-corrected chi connectivity index (χ2v) is 5.94. The van der Waals surface area contributed by atoms with Crippen LogP contribution in [0.3, 0.4) is 0 Å². The van der Waals surface area contributed by atoms with E-state index in [1.807, 2.05) is 22.9 Å². The van der Waals surface area contributed by atoms with Gasteiger partial charge in [-0.2, -0.15) is 0 Å². The molecular weight excluding hydrogens is 401 g/mol. The summed E-state index contributed by atoms with van der Waals surface area (Å²) in [4.78, 5) is 10.9. The van der Waals surface area contributed by atoms with E-state index < -0.39 is 0 Å². The zero-order valence-electron chi connectivity index (χ0n) is 13.4. The van der Waals surface area contributed by atoms with Crippen LogP contribution in [0.5, 0.6) is 0 Å². The van der Waals surface area contributed by atoms with E-state index in [9.17, 15) is 0 Å². The summed E-state index contributed by atoms with van der Waals surface area (Å²) in [5, 5.41) is 0. The molecule has 3 rings (SSSR count). The third-order valence-electron chi connectivity index (χ3n) is 4.29. The minimum atomic E-state index is 0. The van der Waals surface area contributed by atoms with Crippen LogP contribution in [0.25, 0.3) is 5.69 Å². The number of aromatic nitrogens is 2. The van der Waals surface area contributed by atoms with Crippen molar-refractivity contribution in [1.82, 2.24) is 14.5 Å². The van der Waals surface area contributed by atoms with Gasteiger partial charge in [0.2, 0.25) is 0 Å². The van der Waals surface area contributed by atoms with E-state index in [2.05, 4.69) is 33.9 Å². The average Bonchev–Trinajstić information content (AvgIpc) is 3.08. The third-order valence-corrected chi connectivity index (χ3v) is 4.29. The number of guanidine groups is 1. The van der Waals surface area contributed by atoms with Gasteiger partial charge in [0, 0.05) is 25.5 Å². The first-order chi connectivity index (χ1) is 10.7. The smallest absolute Gasteiger partial charge is 0.191 e. The van der Waals surface area contributed by atoms with Gasteiger partial charge < -0.3 is 15.2 Å². The summed E-state index contributed by atoms with van der Waals surface area (Å²) in [6.45, 7) is 4.91. The summed E-state index contributed by atoms with van der Waals surface area (Å²) >= 11 is 0. The summed E-state index contributed by atoms with van der Waals surface area (Å²) in [7, 11) is 0. The van der Waals surface area contributed by atoms with Crippen LogP contribution in [-0.4, -0.2) is 33.5 Å². The Morgan fingerprint density at radius 3 is 2.74 bits per heavy atom. The van der Waals surface area contributed by atoms with Crippen molar-refractivity contribution < 1.29 is 0 Å². The fourth-order valence-electron chi connectivity index (χ4n) is 2.80. The number of aliphatic imine (C=N–C) groups is 1. The van der Waals surface area contributed by atoms with E-state index in [1.54, 1.807) is 12.5 Å². The number of nitrogens with zero attached hydrogens (tertiary/aromatic N) is 4. The van der Waals surface area contributed by atoms with Gasteiger partial charge in [-0.15, -0.1) is 24.0 Å². The van der Waals surface area contributed by atoms with Crippen molar-refractivity contribution in [3.8, 4) is 5.69 Å². The number of piperidine rings is 1. The molecule has 0 unspecified atom stereocenters. The minimum absolute atomic E-state index is 0. The van der Waals surface area contributed by atoms with E-state index in [0.29, 0.717) is 12.5 Å². The highest BCUT2D eigenvalue weighted by Gasteiger charge is 2.16. The lowest BCUT2D eigenvalue weighted by Gasteiger charge is -2.31. The SMILES string of the molecule is CC1CCN(C(N)=NCc2ccccc2-n2ccnc2)CC1.I. The van der Waals surface area contributed by atoms with Crippen molar-refractivity contribution in [3.05, 3.63) is 48.5 Å². The van der Waals surface area contributed by atoms with Crippen LogP contribution < -0.4 is 5.73 Å². The molecule has 5 nitrogen and oxygen atoms in total. The molecule has 0 aliphatic carbocycles. The number of rotatable bonds is 3. The number of hydrogen-bond acceptors (Lipinski definition) is 2. The van der Waals surface area contributed by atoms with Crippen LogP contribution in [0, 0.1) is 5.92 Å². The van der Waals surface area contributed by atoms with Crippen molar-refractivity contribution in [2.24, 2.45) is 16.6 Å². The summed E-state index contributed by atoms with van der Waals surface area (Å²) < 4.78 is 2.00. The van der Waals surface area contributed by atoms with Gasteiger partial charge in [0.15, 0.2) is 5.96 Å². The summed E-state index contributed by atoms with van der Waals surface area (Å²) in [6.07, 6.45) is 7.92. The highest BCUT2D eigenvalue weighted by atomic mass is 127. The molecule has 0 spiro atoms. The lowest BCUT2D eigenvalue weighted by Crippen LogP contribution is -2.42. The van der Waals surface area contributed by atoms with E-state index >= 15 is 0 Å². The van der Waals surface area contributed by atoms with Gasteiger partial charge in [0.1, 0.15) is 0 Å². The van der Waals surface area contributed by atoms with Crippen LogP contribution in [0.4, 0.5) is 0 Å². The molecule has 2 N–H and O–H groups in total. The Balaban J connectivity index is 0.00000192. The largest absolute Gasteiger partial charge is 0.370 e.